The highest BCUT2D eigenvalue weighted by molar-refractivity contribution is 6.30. The summed E-state index contributed by atoms with van der Waals surface area (Å²) >= 11 is 5.62. The largest absolute Gasteiger partial charge is 0.507 e. The predicted molar refractivity (Wildman–Crippen MR) is 53.8 cm³/mol. The Balaban J connectivity index is 2.85. The van der Waals surface area contributed by atoms with Gasteiger partial charge in [0.2, 0.25) is 5.91 Å². The Labute approximate surface area is 86.5 Å². The molecule has 0 atom stereocenters. The summed E-state index contributed by atoms with van der Waals surface area (Å²) in [5, 5.41) is 9.79. The number of phenols is 1. The van der Waals surface area contributed by atoms with Crippen molar-refractivity contribution in [2.45, 2.75) is 6.42 Å². The van der Waals surface area contributed by atoms with Crippen molar-refractivity contribution < 1.29 is 9.90 Å². The molecule has 1 rings (SSSR count). The highest BCUT2D eigenvalue weighted by atomic mass is 35.5. The quantitative estimate of drug-likeness (QED) is 0.685. The molecule has 0 aliphatic rings. The Bertz CT molecular complexity index is 418. The van der Waals surface area contributed by atoms with Crippen LogP contribution in [0.3, 0.4) is 0 Å². The van der Waals surface area contributed by atoms with E-state index in [-0.39, 0.29) is 12.2 Å². The third kappa shape index (κ3) is 3.00. The van der Waals surface area contributed by atoms with Crippen molar-refractivity contribution in [3.05, 3.63) is 28.8 Å². The molecule has 3 N–H and O–H groups in total. The van der Waals surface area contributed by atoms with Gasteiger partial charge in [0.05, 0.1) is 12.0 Å². The third-order valence-electron chi connectivity index (χ3n) is 1.45. The number of primary amides is 1. The van der Waals surface area contributed by atoms with Crippen LogP contribution in [0.25, 0.3) is 0 Å². The van der Waals surface area contributed by atoms with Crippen LogP contribution in [0.1, 0.15) is 12.0 Å². The van der Waals surface area contributed by atoms with Gasteiger partial charge in [-0.1, -0.05) is 23.4 Å². The molecule has 3 nitrogen and oxygen atoms in total. The molecule has 0 aromatic heterocycles. The van der Waals surface area contributed by atoms with Crippen LogP contribution in [0, 0.1) is 11.8 Å². The number of halogens is 1. The van der Waals surface area contributed by atoms with E-state index >= 15 is 0 Å². The zero-order valence-electron chi connectivity index (χ0n) is 7.25. The number of carbonyl (C=O) groups is 1. The lowest BCUT2D eigenvalue weighted by Crippen LogP contribution is -2.08. The summed E-state index contributed by atoms with van der Waals surface area (Å²) in [5.74, 6) is 4.65. The fourth-order valence-corrected chi connectivity index (χ4v) is 1.00. The van der Waals surface area contributed by atoms with Gasteiger partial charge in [-0.2, -0.15) is 0 Å². The summed E-state index contributed by atoms with van der Waals surface area (Å²) in [5.41, 5.74) is 5.32. The number of carbonyl (C=O) groups excluding carboxylic acids is 1. The van der Waals surface area contributed by atoms with Gasteiger partial charge in [-0.25, -0.2) is 0 Å². The first kappa shape index (κ1) is 10.4. The zero-order chi connectivity index (χ0) is 10.6. The molecule has 0 saturated heterocycles. The van der Waals surface area contributed by atoms with E-state index in [0.29, 0.717) is 10.6 Å². The topological polar surface area (TPSA) is 63.3 Å². The average Bonchev–Trinajstić information content (AvgIpc) is 2.08. The smallest absolute Gasteiger partial charge is 0.229 e. The molecule has 0 aliphatic heterocycles. The summed E-state index contributed by atoms with van der Waals surface area (Å²) in [7, 11) is 0. The molecule has 0 saturated carbocycles. The molecule has 72 valence electrons. The fraction of sp³-hybridized carbons (Fsp3) is 0.100. The molecule has 0 bridgehead atoms. The molecular formula is C10H8ClNO2. The summed E-state index contributed by atoms with van der Waals surface area (Å²) < 4.78 is 0. The molecular weight excluding hydrogens is 202 g/mol. The summed E-state index contributed by atoms with van der Waals surface area (Å²) in [6, 6.07) is 4.57. The minimum Gasteiger partial charge on any atom is -0.507 e. The van der Waals surface area contributed by atoms with Crippen LogP contribution in [-0.2, 0) is 4.79 Å². The van der Waals surface area contributed by atoms with Crippen LogP contribution in [0.5, 0.6) is 5.75 Å². The SMILES string of the molecule is NC(=O)CC#Cc1ccc(Cl)cc1O. The Hall–Kier alpha value is -1.66. The highest BCUT2D eigenvalue weighted by Crippen LogP contribution is 2.20. The second kappa shape index (κ2) is 4.54. The lowest BCUT2D eigenvalue weighted by Gasteiger charge is -1.96. The van der Waals surface area contributed by atoms with Crippen molar-refractivity contribution in [3.63, 3.8) is 0 Å². The first-order valence-electron chi connectivity index (χ1n) is 3.85. The number of benzene rings is 1. The third-order valence-corrected chi connectivity index (χ3v) is 1.68. The fourth-order valence-electron chi connectivity index (χ4n) is 0.837. The van der Waals surface area contributed by atoms with Gasteiger partial charge < -0.3 is 10.8 Å². The molecule has 1 amide bonds. The Morgan fingerprint density at radius 3 is 2.86 bits per heavy atom. The van der Waals surface area contributed by atoms with Crippen molar-refractivity contribution in [3.8, 4) is 17.6 Å². The van der Waals surface area contributed by atoms with E-state index < -0.39 is 5.91 Å². The molecule has 0 unspecified atom stereocenters. The van der Waals surface area contributed by atoms with Gasteiger partial charge in [0.25, 0.3) is 0 Å². The van der Waals surface area contributed by atoms with Gasteiger partial charge in [0.1, 0.15) is 5.75 Å². The number of phenolic OH excluding ortho intramolecular Hbond substituents is 1. The van der Waals surface area contributed by atoms with Gasteiger partial charge >= 0.3 is 0 Å². The minimum atomic E-state index is -0.494. The Kier molecular flexibility index (Phi) is 3.38. The van der Waals surface area contributed by atoms with E-state index in [0.717, 1.165) is 0 Å². The summed E-state index contributed by atoms with van der Waals surface area (Å²) in [6.07, 6.45) is -0.0257. The van der Waals surface area contributed by atoms with Gasteiger partial charge in [-0.3, -0.25) is 4.79 Å². The van der Waals surface area contributed by atoms with Gasteiger partial charge in [0, 0.05) is 5.02 Å². The summed E-state index contributed by atoms with van der Waals surface area (Å²) in [6.45, 7) is 0. The number of nitrogens with two attached hydrogens (primary N) is 1. The number of amides is 1. The van der Waals surface area contributed by atoms with Gasteiger partial charge in [-0.15, -0.1) is 0 Å². The molecule has 0 heterocycles. The van der Waals surface area contributed by atoms with Crippen molar-refractivity contribution >= 4 is 17.5 Å². The second-order valence-corrected chi connectivity index (χ2v) is 3.04. The van der Waals surface area contributed by atoms with Crippen LogP contribution < -0.4 is 5.73 Å². The first-order valence-corrected chi connectivity index (χ1v) is 4.23. The lowest BCUT2D eigenvalue weighted by molar-refractivity contribution is -0.117. The lowest BCUT2D eigenvalue weighted by atomic mass is 10.2. The molecule has 0 radical (unpaired) electrons. The van der Waals surface area contributed by atoms with E-state index in [1.165, 1.54) is 6.07 Å². The van der Waals surface area contributed by atoms with Gasteiger partial charge in [-0.05, 0) is 18.2 Å². The van der Waals surface area contributed by atoms with E-state index in [1.807, 2.05) is 0 Å². The molecule has 4 heteroatoms. The maximum absolute atomic E-state index is 10.4. The first-order chi connectivity index (χ1) is 6.59. The standard InChI is InChI=1S/C10H8ClNO2/c11-8-5-4-7(9(13)6-8)2-1-3-10(12)14/h4-6,13H,3H2,(H2,12,14). The zero-order valence-corrected chi connectivity index (χ0v) is 8.01. The van der Waals surface area contributed by atoms with E-state index in [2.05, 4.69) is 11.8 Å². The number of hydrogen-bond acceptors (Lipinski definition) is 2. The van der Waals surface area contributed by atoms with Crippen LogP contribution in [0.2, 0.25) is 5.02 Å². The van der Waals surface area contributed by atoms with Gasteiger partial charge in [0.15, 0.2) is 0 Å². The Morgan fingerprint density at radius 1 is 1.57 bits per heavy atom. The number of aromatic hydroxyl groups is 1. The maximum atomic E-state index is 10.4. The molecule has 1 aromatic carbocycles. The number of rotatable bonds is 1. The average molecular weight is 210 g/mol. The van der Waals surface area contributed by atoms with Crippen LogP contribution in [0.4, 0.5) is 0 Å². The Morgan fingerprint density at radius 2 is 2.29 bits per heavy atom. The summed E-state index contributed by atoms with van der Waals surface area (Å²) in [4.78, 5) is 10.4. The van der Waals surface area contributed by atoms with E-state index in [1.54, 1.807) is 12.1 Å². The van der Waals surface area contributed by atoms with Crippen molar-refractivity contribution in [1.82, 2.24) is 0 Å². The van der Waals surface area contributed by atoms with Crippen molar-refractivity contribution in [2.75, 3.05) is 0 Å². The minimum absolute atomic E-state index is 0.00512. The normalized spacial score (nSPS) is 8.93. The van der Waals surface area contributed by atoms with Crippen LogP contribution >= 0.6 is 11.6 Å². The second-order valence-electron chi connectivity index (χ2n) is 2.61. The predicted octanol–water partition coefficient (Wildman–Crippen LogP) is 1.27. The molecule has 0 aliphatic carbocycles. The molecule has 0 spiro atoms. The van der Waals surface area contributed by atoms with Crippen molar-refractivity contribution in [2.24, 2.45) is 5.73 Å². The van der Waals surface area contributed by atoms with E-state index in [9.17, 15) is 9.90 Å². The maximum Gasteiger partial charge on any atom is 0.229 e. The monoisotopic (exact) mass is 209 g/mol. The van der Waals surface area contributed by atoms with Crippen molar-refractivity contribution in [1.29, 1.82) is 0 Å². The molecule has 1 aromatic rings. The van der Waals surface area contributed by atoms with E-state index in [4.69, 9.17) is 17.3 Å². The molecule has 0 fully saturated rings. The highest BCUT2D eigenvalue weighted by Gasteiger charge is 1.97. The number of hydrogen-bond donors (Lipinski definition) is 2. The van der Waals surface area contributed by atoms with Crippen LogP contribution in [-0.4, -0.2) is 11.0 Å². The molecule has 14 heavy (non-hydrogen) atoms. The van der Waals surface area contributed by atoms with Crippen LogP contribution in [0.15, 0.2) is 18.2 Å².